The maximum atomic E-state index is 12.5. The largest absolute Gasteiger partial charge is 0.496 e. The molecule has 0 bridgehead atoms. The van der Waals surface area contributed by atoms with Crippen LogP contribution in [0.4, 0.5) is 30.2 Å². The van der Waals surface area contributed by atoms with Gasteiger partial charge in [0.05, 0.1) is 43.4 Å². The molecule has 0 unspecified atom stereocenters. The Kier molecular flexibility index (Phi) is 11.9. The number of anilines is 3. The summed E-state index contributed by atoms with van der Waals surface area (Å²) in [5, 5.41) is 13.5. The minimum absolute atomic E-state index is 0.0315. The molecule has 1 aliphatic rings. The van der Waals surface area contributed by atoms with Gasteiger partial charge in [-0.2, -0.15) is 13.2 Å². The maximum absolute atomic E-state index is 12.5. The van der Waals surface area contributed by atoms with E-state index in [1.54, 1.807) is 20.8 Å². The molecule has 1 aliphatic heterocycles. The summed E-state index contributed by atoms with van der Waals surface area (Å²) in [4.78, 5) is 12.4. The molecular weight excluding hydrogens is 551 g/mol. The second-order valence-electron chi connectivity index (χ2n) is 9.70. The van der Waals surface area contributed by atoms with E-state index >= 15 is 0 Å². The van der Waals surface area contributed by atoms with Gasteiger partial charge in [0, 0.05) is 30.9 Å². The fourth-order valence-corrected chi connectivity index (χ4v) is 3.91. The van der Waals surface area contributed by atoms with E-state index in [-0.39, 0.29) is 17.1 Å². The first-order valence-corrected chi connectivity index (χ1v) is 12.9. The molecule has 1 heterocycles. The molecule has 0 aliphatic carbocycles. The Hall–Kier alpha value is -3.17. The lowest BCUT2D eigenvalue weighted by atomic mass is 9.99. The van der Waals surface area contributed by atoms with Crippen LogP contribution in [0.1, 0.15) is 43.1 Å². The van der Waals surface area contributed by atoms with Gasteiger partial charge in [0.25, 0.3) is 5.91 Å². The summed E-state index contributed by atoms with van der Waals surface area (Å²) in [6.45, 7) is 5.07. The summed E-state index contributed by atoms with van der Waals surface area (Å²) >= 11 is 0.718. The number of nitrogen functional groups attached to an aromatic ring is 1. The van der Waals surface area contributed by atoms with E-state index in [2.05, 4.69) is 10.7 Å². The Morgan fingerprint density at radius 2 is 1.70 bits per heavy atom. The second-order valence-corrected chi connectivity index (χ2v) is 10.4. The number of nitrogens with two attached hydrogens (primary N) is 1. The highest BCUT2D eigenvalue weighted by Gasteiger charge is 2.29. The van der Waals surface area contributed by atoms with Gasteiger partial charge in [-0.25, -0.2) is 4.31 Å². The number of benzene rings is 2. The zero-order valence-electron chi connectivity index (χ0n) is 23.0. The van der Waals surface area contributed by atoms with Gasteiger partial charge in [-0.1, -0.05) is 12.1 Å². The molecule has 40 heavy (non-hydrogen) atoms. The van der Waals surface area contributed by atoms with Crippen molar-refractivity contribution in [3.8, 4) is 11.5 Å². The van der Waals surface area contributed by atoms with Gasteiger partial charge < -0.3 is 35.2 Å². The summed E-state index contributed by atoms with van der Waals surface area (Å²) in [5.74, 6) is 4.83. The van der Waals surface area contributed by atoms with Crippen LogP contribution in [0.5, 0.6) is 11.5 Å². The van der Waals surface area contributed by atoms with Crippen LogP contribution in [0, 0.1) is 0 Å². The van der Waals surface area contributed by atoms with E-state index in [0.29, 0.717) is 30.2 Å². The number of hydrazine groups is 1. The van der Waals surface area contributed by atoms with E-state index in [4.69, 9.17) is 20.4 Å². The van der Waals surface area contributed by atoms with Gasteiger partial charge in [0.15, 0.2) is 0 Å². The SMILES string of the molecule is CC(C)(C)O.COc1cc(Nc2ccc(C3=CCN(SO)CC3)cc2NN)cc(OC)c1C(=O)NCC(F)(F)F. The van der Waals surface area contributed by atoms with Crippen LogP contribution < -0.4 is 31.4 Å². The smallest absolute Gasteiger partial charge is 0.405 e. The molecule has 1 amide bonds. The van der Waals surface area contributed by atoms with Gasteiger partial charge >= 0.3 is 6.18 Å². The summed E-state index contributed by atoms with van der Waals surface area (Å²) in [7, 11) is 2.60. The Balaban J connectivity index is 0.00000103. The summed E-state index contributed by atoms with van der Waals surface area (Å²) < 4.78 is 59.1. The molecule has 7 N–H and O–H groups in total. The van der Waals surface area contributed by atoms with Gasteiger partial charge in [-0.05, 0) is 50.5 Å². The molecule has 0 saturated carbocycles. The predicted octanol–water partition coefficient (Wildman–Crippen LogP) is 5.01. The van der Waals surface area contributed by atoms with E-state index in [1.807, 2.05) is 33.9 Å². The maximum Gasteiger partial charge on any atom is 0.405 e. The molecule has 10 nitrogen and oxygen atoms in total. The number of carbonyl (C=O) groups excluding carboxylic acids is 1. The minimum Gasteiger partial charge on any atom is -0.496 e. The van der Waals surface area contributed by atoms with Crippen LogP contribution in [0.2, 0.25) is 0 Å². The van der Waals surface area contributed by atoms with Crippen LogP contribution in [-0.2, 0) is 0 Å². The topological polar surface area (TPSA) is 141 Å². The van der Waals surface area contributed by atoms with E-state index in [9.17, 15) is 22.5 Å². The third kappa shape index (κ3) is 10.4. The number of amides is 1. The second kappa shape index (κ2) is 14.5. The third-order valence-corrected chi connectivity index (χ3v) is 5.86. The first-order valence-electron chi connectivity index (χ1n) is 12.2. The number of alkyl halides is 3. The van der Waals surface area contributed by atoms with Gasteiger partial charge in [-0.3, -0.25) is 10.6 Å². The highest BCUT2D eigenvalue weighted by molar-refractivity contribution is 7.91. The summed E-state index contributed by atoms with van der Waals surface area (Å²) in [5.41, 5.74) is 5.75. The van der Waals surface area contributed by atoms with Crippen molar-refractivity contribution < 1.29 is 37.1 Å². The molecule has 0 radical (unpaired) electrons. The van der Waals surface area contributed by atoms with Crippen molar-refractivity contribution in [2.75, 3.05) is 44.6 Å². The van der Waals surface area contributed by atoms with E-state index in [1.165, 1.54) is 26.4 Å². The fourth-order valence-electron chi connectivity index (χ4n) is 3.59. The number of nitrogens with one attached hydrogen (secondary N) is 3. The van der Waals surface area contributed by atoms with Crippen molar-refractivity contribution in [2.45, 2.75) is 39.0 Å². The van der Waals surface area contributed by atoms with E-state index in [0.717, 1.165) is 29.8 Å². The number of nitrogens with zero attached hydrogens (tertiary/aromatic N) is 1. The number of hydrogen-bond acceptors (Lipinski definition) is 10. The highest BCUT2D eigenvalue weighted by Crippen LogP contribution is 2.37. The van der Waals surface area contributed by atoms with Crippen LogP contribution in [0.25, 0.3) is 5.57 Å². The Morgan fingerprint density at radius 3 is 2.15 bits per heavy atom. The average molecular weight is 588 g/mol. The lowest BCUT2D eigenvalue weighted by Crippen LogP contribution is -2.34. The number of ether oxygens (including phenoxy) is 2. The standard InChI is InChI=1S/C22H26F3N5O4S.C4H10O/c1-33-18-10-15(11-19(34-2)20(18)21(31)27-12-22(23,24)25)28-16-4-3-14(9-17(16)29-26)13-5-7-30(35-32)8-6-13;1-4(2,3)5/h3-5,9-11,28-29,32H,6-8,12,26H2,1-2H3,(H,27,31);5H,1-3H3. The van der Waals surface area contributed by atoms with Crippen molar-refractivity contribution in [3.63, 3.8) is 0 Å². The molecular formula is C26H36F3N5O5S. The number of hydrogen-bond donors (Lipinski definition) is 6. The normalized spacial score (nSPS) is 13.9. The van der Waals surface area contributed by atoms with Gasteiger partial charge in [0.2, 0.25) is 0 Å². The number of carbonyl (C=O) groups is 1. The van der Waals surface area contributed by atoms with Gasteiger partial charge in [0.1, 0.15) is 23.6 Å². The Labute approximate surface area is 236 Å². The van der Waals surface area contributed by atoms with Crippen molar-refractivity contribution in [1.29, 1.82) is 0 Å². The Morgan fingerprint density at radius 1 is 1.10 bits per heavy atom. The van der Waals surface area contributed by atoms with Crippen molar-refractivity contribution in [2.24, 2.45) is 5.84 Å². The molecule has 2 aromatic carbocycles. The fraction of sp³-hybridized carbons (Fsp3) is 0.423. The first kappa shape index (κ1) is 33.0. The van der Waals surface area contributed by atoms with Crippen molar-refractivity contribution in [1.82, 2.24) is 9.62 Å². The van der Waals surface area contributed by atoms with Crippen LogP contribution in [-0.4, -0.2) is 65.5 Å². The van der Waals surface area contributed by atoms with Crippen LogP contribution in [0.3, 0.4) is 0 Å². The zero-order chi connectivity index (χ0) is 30.1. The highest BCUT2D eigenvalue weighted by atomic mass is 32.2. The molecule has 0 atom stereocenters. The molecule has 14 heteroatoms. The van der Waals surface area contributed by atoms with Crippen LogP contribution >= 0.6 is 12.2 Å². The number of methoxy groups -OCH3 is 2. The van der Waals surface area contributed by atoms with Crippen molar-refractivity contribution >= 4 is 40.8 Å². The lowest BCUT2D eigenvalue weighted by molar-refractivity contribution is -0.123. The zero-order valence-corrected chi connectivity index (χ0v) is 23.8. The predicted molar refractivity (Wildman–Crippen MR) is 152 cm³/mol. The quantitative estimate of drug-likeness (QED) is 0.103. The summed E-state index contributed by atoms with van der Waals surface area (Å²) in [6, 6.07) is 8.57. The number of aliphatic hydroxyl groups is 1. The minimum atomic E-state index is -4.56. The Bertz CT molecular complexity index is 1160. The first-order chi connectivity index (χ1) is 18.7. The molecule has 2 aromatic rings. The third-order valence-electron chi connectivity index (χ3n) is 5.29. The molecule has 0 saturated heterocycles. The molecule has 0 fully saturated rings. The van der Waals surface area contributed by atoms with Crippen LogP contribution in [0.15, 0.2) is 36.4 Å². The van der Waals surface area contributed by atoms with Gasteiger partial charge in [-0.15, -0.1) is 0 Å². The number of halogens is 3. The number of rotatable bonds is 9. The molecule has 222 valence electrons. The monoisotopic (exact) mass is 587 g/mol. The molecule has 0 spiro atoms. The lowest BCUT2D eigenvalue weighted by Gasteiger charge is -2.23. The molecule has 0 aromatic heterocycles. The molecule has 3 rings (SSSR count). The van der Waals surface area contributed by atoms with E-state index < -0.39 is 24.2 Å². The van der Waals surface area contributed by atoms with Crippen molar-refractivity contribution in [3.05, 3.63) is 47.5 Å². The average Bonchev–Trinajstić information content (AvgIpc) is 2.90. The summed E-state index contributed by atoms with van der Waals surface area (Å²) in [6.07, 6.45) is -1.76.